The van der Waals surface area contributed by atoms with Crippen LogP contribution in [0, 0.1) is 6.92 Å². The minimum Gasteiger partial charge on any atom is -0.497 e. The van der Waals surface area contributed by atoms with Crippen LogP contribution in [0.1, 0.15) is 21.5 Å². The largest absolute Gasteiger partial charge is 0.497 e. The van der Waals surface area contributed by atoms with Crippen LogP contribution in [0.3, 0.4) is 0 Å². The number of hydrogen-bond donors (Lipinski definition) is 2. The van der Waals surface area contributed by atoms with Gasteiger partial charge in [0.05, 0.1) is 12.7 Å². The molecule has 122 valence electrons. The maximum Gasteiger partial charge on any atom is 0.292 e. The van der Waals surface area contributed by atoms with Gasteiger partial charge in [0.25, 0.3) is 11.7 Å². The lowest BCUT2D eigenvalue weighted by molar-refractivity contribution is -0.117. The zero-order valence-corrected chi connectivity index (χ0v) is 13.6. The maximum atomic E-state index is 12.4. The molecule has 24 heavy (non-hydrogen) atoms. The van der Waals surface area contributed by atoms with Gasteiger partial charge < -0.3 is 15.0 Å². The first-order valence-electron chi connectivity index (χ1n) is 7.61. The van der Waals surface area contributed by atoms with Gasteiger partial charge >= 0.3 is 0 Å². The number of carbonyl (C=O) groups excluding carboxylic acids is 2. The topological polar surface area (TPSA) is 71.2 Å². The molecule has 0 spiro atoms. The third-order valence-electron chi connectivity index (χ3n) is 3.88. The Labute approximate surface area is 139 Å². The van der Waals surface area contributed by atoms with Crippen LogP contribution in [-0.2, 0) is 11.3 Å². The molecule has 0 aliphatic rings. The van der Waals surface area contributed by atoms with Gasteiger partial charge in [-0.15, -0.1) is 0 Å². The minimum absolute atomic E-state index is 0.317. The van der Waals surface area contributed by atoms with Crippen molar-refractivity contribution in [2.75, 3.05) is 7.11 Å². The molecular formula is C19H18N2O3. The molecule has 5 nitrogen and oxygen atoms in total. The highest BCUT2D eigenvalue weighted by molar-refractivity contribution is 6.44. The smallest absolute Gasteiger partial charge is 0.292 e. The van der Waals surface area contributed by atoms with E-state index < -0.39 is 11.7 Å². The first-order valence-corrected chi connectivity index (χ1v) is 7.61. The van der Waals surface area contributed by atoms with Crippen molar-refractivity contribution < 1.29 is 14.3 Å². The van der Waals surface area contributed by atoms with Crippen molar-refractivity contribution in [1.29, 1.82) is 0 Å². The first-order chi connectivity index (χ1) is 11.6. The van der Waals surface area contributed by atoms with Crippen molar-refractivity contribution in [1.82, 2.24) is 10.3 Å². The Morgan fingerprint density at radius 1 is 1.17 bits per heavy atom. The average Bonchev–Trinajstić information content (AvgIpc) is 3.02. The number of aromatic nitrogens is 1. The van der Waals surface area contributed by atoms with Gasteiger partial charge in [0.1, 0.15) is 5.75 Å². The highest BCUT2D eigenvalue weighted by Crippen LogP contribution is 2.24. The molecule has 3 aromatic rings. The number of hydrogen-bond acceptors (Lipinski definition) is 3. The summed E-state index contributed by atoms with van der Waals surface area (Å²) < 4.78 is 5.18. The van der Waals surface area contributed by atoms with Gasteiger partial charge in [-0.05, 0) is 30.7 Å². The number of fused-ring (bicyclic) bond motifs is 1. The van der Waals surface area contributed by atoms with E-state index >= 15 is 0 Å². The number of benzene rings is 2. The Hall–Kier alpha value is -3.08. The van der Waals surface area contributed by atoms with Crippen molar-refractivity contribution in [3.8, 4) is 5.75 Å². The van der Waals surface area contributed by atoms with Crippen LogP contribution in [0.15, 0.2) is 48.7 Å². The molecule has 1 amide bonds. The lowest BCUT2D eigenvalue weighted by atomic mass is 10.1. The van der Waals surface area contributed by atoms with Crippen molar-refractivity contribution in [2.45, 2.75) is 13.5 Å². The van der Waals surface area contributed by atoms with E-state index in [4.69, 9.17) is 4.74 Å². The standard InChI is InChI=1S/C19H18N2O3/c1-12-4-3-5-13(8-12)10-21-19(23)18(22)16-11-20-17-7-6-14(24-2)9-15(16)17/h3-9,11,20H,10H2,1-2H3,(H,21,23). The lowest BCUT2D eigenvalue weighted by Crippen LogP contribution is -2.30. The van der Waals surface area contributed by atoms with E-state index in [9.17, 15) is 9.59 Å². The summed E-state index contributed by atoms with van der Waals surface area (Å²) in [5.74, 6) is -0.557. The Kier molecular flexibility index (Phi) is 4.33. The zero-order valence-electron chi connectivity index (χ0n) is 13.6. The Morgan fingerprint density at radius 3 is 2.75 bits per heavy atom. The van der Waals surface area contributed by atoms with Crippen molar-refractivity contribution in [2.24, 2.45) is 0 Å². The Bertz CT molecular complexity index is 912. The van der Waals surface area contributed by atoms with E-state index in [0.717, 1.165) is 16.6 Å². The number of H-pyrrole nitrogens is 1. The fourth-order valence-electron chi connectivity index (χ4n) is 2.62. The van der Waals surface area contributed by atoms with Crippen molar-refractivity contribution >= 4 is 22.6 Å². The number of carbonyl (C=O) groups is 2. The van der Waals surface area contributed by atoms with E-state index in [1.165, 1.54) is 0 Å². The molecule has 3 rings (SSSR count). The van der Waals surface area contributed by atoms with Gasteiger partial charge in [-0.3, -0.25) is 9.59 Å². The summed E-state index contributed by atoms with van der Waals surface area (Å²) in [6.45, 7) is 2.30. The van der Waals surface area contributed by atoms with Crippen LogP contribution < -0.4 is 10.1 Å². The van der Waals surface area contributed by atoms with Crippen LogP contribution in [0.4, 0.5) is 0 Å². The number of rotatable bonds is 5. The molecule has 0 aliphatic carbocycles. The second-order valence-corrected chi connectivity index (χ2v) is 5.61. The summed E-state index contributed by atoms with van der Waals surface area (Å²) in [4.78, 5) is 27.6. The molecule has 2 N–H and O–H groups in total. The summed E-state index contributed by atoms with van der Waals surface area (Å²) in [5.41, 5.74) is 3.19. The summed E-state index contributed by atoms with van der Waals surface area (Å²) in [7, 11) is 1.56. The number of ketones is 1. The van der Waals surface area contributed by atoms with Crippen LogP contribution >= 0.6 is 0 Å². The third kappa shape index (κ3) is 3.15. The van der Waals surface area contributed by atoms with E-state index in [-0.39, 0.29) is 0 Å². The van der Waals surface area contributed by atoms with E-state index in [0.29, 0.717) is 23.2 Å². The van der Waals surface area contributed by atoms with Gasteiger partial charge in [0.2, 0.25) is 0 Å². The number of methoxy groups -OCH3 is 1. The number of aromatic amines is 1. The number of ether oxygens (including phenoxy) is 1. The normalized spacial score (nSPS) is 10.6. The fraction of sp³-hybridized carbons (Fsp3) is 0.158. The molecule has 0 unspecified atom stereocenters. The van der Waals surface area contributed by atoms with Crippen LogP contribution in [0.25, 0.3) is 10.9 Å². The third-order valence-corrected chi connectivity index (χ3v) is 3.88. The van der Waals surface area contributed by atoms with E-state index in [1.54, 1.807) is 25.4 Å². The Morgan fingerprint density at radius 2 is 2.00 bits per heavy atom. The highest BCUT2D eigenvalue weighted by atomic mass is 16.5. The lowest BCUT2D eigenvalue weighted by Gasteiger charge is -2.05. The SMILES string of the molecule is COc1ccc2[nH]cc(C(=O)C(=O)NCc3cccc(C)c3)c2c1. The van der Waals surface area contributed by atoms with Crippen molar-refractivity contribution in [3.63, 3.8) is 0 Å². The average molecular weight is 322 g/mol. The molecule has 1 aromatic heterocycles. The predicted molar refractivity (Wildman–Crippen MR) is 92.2 cm³/mol. The van der Waals surface area contributed by atoms with E-state index in [2.05, 4.69) is 10.3 Å². The molecule has 0 radical (unpaired) electrons. The fourth-order valence-corrected chi connectivity index (χ4v) is 2.62. The van der Waals surface area contributed by atoms with Gasteiger partial charge in [0, 0.05) is 23.6 Å². The summed E-state index contributed by atoms with van der Waals surface area (Å²) in [6.07, 6.45) is 1.55. The number of nitrogens with one attached hydrogen (secondary N) is 2. The number of amides is 1. The van der Waals surface area contributed by atoms with Crippen molar-refractivity contribution in [3.05, 3.63) is 65.4 Å². The summed E-state index contributed by atoms with van der Waals surface area (Å²) in [6, 6.07) is 13.1. The molecule has 0 saturated heterocycles. The maximum absolute atomic E-state index is 12.4. The molecule has 0 atom stereocenters. The minimum atomic E-state index is -0.625. The second-order valence-electron chi connectivity index (χ2n) is 5.61. The molecule has 0 bridgehead atoms. The zero-order chi connectivity index (χ0) is 17.1. The van der Waals surface area contributed by atoms with Crippen LogP contribution in [0.5, 0.6) is 5.75 Å². The van der Waals surface area contributed by atoms with Crippen LogP contribution in [-0.4, -0.2) is 23.8 Å². The van der Waals surface area contributed by atoms with Gasteiger partial charge in [-0.25, -0.2) is 0 Å². The van der Waals surface area contributed by atoms with Gasteiger partial charge in [-0.1, -0.05) is 29.8 Å². The monoisotopic (exact) mass is 322 g/mol. The summed E-state index contributed by atoms with van der Waals surface area (Å²) in [5, 5.41) is 3.35. The first kappa shape index (κ1) is 15.8. The predicted octanol–water partition coefficient (Wildman–Crippen LogP) is 2.98. The Balaban J connectivity index is 1.77. The molecular weight excluding hydrogens is 304 g/mol. The molecule has 1 heterocycles. The second kappa shape index (κ2) is 6.58. The molecule has 0 fully saturated rings. The number of Topliss-reactive ketones (excluding diaryl/α,β-unsaturated/α-hetero) is 1. The summed E-state index contributed by atoms with van der Waals surface area (Å²) >= 11 is 0. The van der Waals surface area contributed by atoms with E-state index in [1.807, 2.05) is 37.3 Å². The number of aryl methyl sites for hydroxylation is 1. The van der Waals surface area contributed by atoms with Gasteiger partial charge in [0.15, 0.2) is 0 Å². The van der Waals surface area contributed by atoms with Gasteiger partial charge in [-0.2, -0.15) is 0 Å². The molecule has 0 saturated carbocycles. The molecule has 0 aliphatic heterocycles. The molecule has 5 heteroatoms. The van der Waals surface area contributed by atoms with Crippen LogP contribution in [0.2, 0.25) is 0 Å². The highest BCUT2D eigenvalue weighted by Gasteiger charge is 2.20. The molecule has 2 aromatic carbocycles. The quantitative estimate of drug-likeness (QED) is 0.560.